The maximum absolute atomic E-state index is 12.5. The van der Waals surface area contributed by atoms with Crippen molar-refractivity contribution in [3.8, 4) is 0 Å². The maximum Gasteiger partial charge on any atom is 0.235 e. The van der Waals surface area contributed by atoms with Crippen molar-refractivity contribution in [2.75, 3.05) is 33.7 Å². The second kappa shape index (κ2) is 5.97. The smallest absolute Gasteiger partial charge is 0.235 e. The fourth-order valence-electron chi connectivity index (χ4n) is 2.50. The topological polar surface area (TPSA) is 49.6 Å². The molecule has 0 aromatic carbocycles. The van der Waals surface area contributed by atoms with Gasteiger partial charge in [-0.15, -0.1) is 0 Å². The summed E-state index contributed by atoms with van der Waals surface area (Å²) in [6, 6.07) is 0. The largest absolute Gasteiger partial charge is 0.392 e. The number of hydrogen-bond acceptors (Lipinski definition) is 3. The summed E-state index contributed by atoms with van der Waals surface area (Å²) in [5, 5.41) is 0. The van der Waals surface area contributed by atoms with Gasteiger partial charge in [-0.1, -0.05) is 19.1 Å². The third kappa shape index (κ3) is 3.20. The Morgan fingerprint density at radius 3 is 2.61 bits per heavy atom. The van der Waals surface area contributed by atoms with Crippen LogP contribution in [0.15, 0.2) is 0 Å². The summed E-state index contributed by atoms with van der Waals surface area (Å²) >= 11 is 5.05. The fraction of sp³-hybridized carbons (Fsp3) is 0.846. The molecule has 0 saturated carbocycles. The third-order valence-corrected chi connectivity index (χ3v) is 4.54. The highest BCUT2D eigenvalue weighted by molar-refractivity contribution is 7.80. The van der Waals surface area contributed by atoms with E-state index in [0.717, 1.165) is 26.1 Å². The number of carbonyl (C=O) groups is 1. The van der Waals surface area contributed by atoms with Crippen LogP contribution in [-0.2, 0) is 4.79 Å². The number of amides is 1. The minimum absolute atomic E-state index is 0.0482. The van der Waals surface area contributed by atoms with Gasteiger partial charge in [-0.25, -0.2) is 0 Å². The lowest BCUT2D eigenvalue weighted by molar-refractivity contribution is -0.136. The molecule has 1 rings (SSSR count). The van der Waals surface area contributed by atoms with Crippen LogP contribution in [-0.4, -0.2) is 54.4 Å². The van der Waals surface area contributed by atoms with Crippen molar-refractivity contribution < 1.29 is 4.79 Å². The molecule has 4 nitrogen and oxygen atoms in total. The van der Waals surface area contributed by atoms with Gasteiger partial charge in [0.25, 0.3) is 0 Å². The molecule has 1 fully saturated rings. The zero-order valence-corrected chi connectivity index (χ0v) is 12.7. The Kier molecular flexibility index (Phi) is 5.10. The first-order valence-electron chi connectivity index (χ1n) is 6.55. The Bertz CT molecular complexity index is 334. The first-order valence-corrected chi connectivity index (χ1v) is 6.96. The first-order chi connectivity index (χ1) is 8.31. The van der Waals surface area contributed by atoms with Gasteiger partial charge in [-0.3, -0.25) is 4.79 Å². The van der Waals surface area contributed by atoms with Gasteiger partial charge in [0.1, 0.15) is 0 Å². The van der Waals surface area contributed by atoms with Gasteiger partial charge in [0.2, 0.25) is 5.91 Å². The quantitative estimate of drug-likeness (QED) is 0.761. The summed E-state index contributed by atoms with van der Waals surface area (Å²) in [5.74, 6) is 0.614. The van der Waals surface area contributed by atoms with Gasteiger partial charge < -0.3 is 15.5 Å². The van der Waals surface area contributed by atoms with Crippen LogP contribution in [0.3, 0.4) is 0 Å². The van der Waals surface area contributed by atoms with Crippen molar-refractivity contribution in [1.29, 1.82) is 0 Å². The lowest BCUT2D eigenvalue weighted by Crippen LogP contribution is -2.48. The van der Waals surface area contributed by atoms with Crippen LogP contribution >= 0.6 is 12.2 Å². The summed E-state index contributed by atoms with van der Waals surface area (Å²) in [6.07, 6.45) is 1.81. The van der Waals surface area contributed by atoms with E-state index in [0.29, 0.717) is 17.3 Å². The summed E-state index contributed by atoms with van der Waals surface area (Å²) in [6.45, 7) is 6.77. The predicted octanol–water partition coefficient (Wildman–Crippen LogP) is 1.10. The molecule has 1 saturated heterocycles. The van der Waals surface area contributed by atoms with Crippen LogP contribution in [0.25, 0.3) is 0 Å². The van der Waals surface area contributed by atoms with Crippen LogP contribution in [0.1, 0.15) is 26.7 Å². The van der Waals surface area contributed by atoms with Crippen LogP contribution in [0.5, 0.6) is 0 Å². The van der Waals surface area contributed by atoms with Crippen molar-refractivity contribution in [2.45, 2.75) is 26.7 Å². The standard InChI is InChI=1S/C13H25N3OS/c1-5-13(2,11(14)18)12(17)16(4)9-10-6-7-15(3)8-10/h10H,5-9H2,1-4H3,(H2,14,18). The summed E-state index contributed by atoms with van der Waals surface area (Å²) < 4.78 is 0. The van der Waals surface area contributed by atoms with Crippen LogP contribution in [0.4, 0.5) is 0 Å². The zero-order valence-electron chi connectivity index (χ0n) is 11.9. The fourth-order valence-corrected chi connectivity index (χ4v) is 2.73. The molecule has 0 aliphatic carbocycles. The predicted molar refractivity (Wildman–Crippen MR) is 78.4 cm³/mol. The molecule has 1 heterocycles. The molecule has 2 atom stereocenters. The maximum atomic E-state index is 12.5. The molecule has 18 heavy (non-hydrogen) atoms. The molecule has 1 amide bonds. The SMILES string of the molecule is CCC(C)(C(=O)N(C)CC1CCN(C)C1)C(N)=S. The molecule has 1 aliphatic heterocycles. The van der Waals surface area contributed by atoms with E-state index in [1.54, 1.807) is 4.90 Å². The summed E-state index contributed by atoms with van der Waals surface area (Å²) in [4.78, 5) is 16.8. The van der Waals surface area contributed by atoms with Crippen molar-refractivity contribution in [3.63, 3.8) is 0 Å². The lowest BCUT2D eigenvalue weighted by atomic mass is 9.85. The molecule has 0 radical (unpaired) electrons. The molecule has 1 aliphatic rings. The molecule has 0 spiro atoms. The van der Waals surface area contributed by atoms with Gasteiger partial charge in [0.05, 0.1) is 10.4 Å². The van der Waals surface area contributed by atoms with Crippen LogP contribution in [0, 0.1) is 11.3 Å². The monoisotopic (exact) mass is 271 g/mol. The van der Waals surface area contributed by atoms with Crippen LogP contribution < -0.4 is 5.73 Å². The second-order valence-corrected chi connectivity index (χ2v) is 6.09. The molecular weight excluding hydrogens is 246 g/mol. The van der Waals surface area contributed by atoms with Gasteiger partial charge in [0.15, 0.2) is 0 Å². The Morgan fingerprint density at radius 2 is 2.22 bits per heavy atom. The Labute approximate surface area is 115 Å². The molecular formula is C13H25N3OS. The van der Waals surface area contributed by atoms with Gasteiger partial charge in [-0.2, -0.15) is 0 Å². The van der Waals surface area contributed by atoms with Gasteiger partial charge in [0, 0.05) is 20.1 Å². The molecule has 0 aromatic heterocycles. The normalized spacial score (nSPS) is 23.7. The van der Waals surface area contributed by atoms with Gasteiger partial charge in [-0.05, 0) is 39.3 Å². The van der Waals surface area contributed by atoms with Gasteiger partial charge >= 0.3 is 0 Å². The summed E-state index contributed by atoms with van der Waals surface area (Å²) in [5.41, 5.74) is 5.03. The molecule has 104 valence electrons. The van der Waals surface area contributed by atoms with E-state index in [1.807, 2.05) is 20.9 Å². The number of nitrogens with zero attached hydrogens (tertiary/aromatic N) is 2. The minimum atomic E-state index is -0.700. The Morgan fingerprint density at radius 1 is 1.61 bits per heavy atom. The second-order valence-electron chi connectivity index (χ2n) is 5.65. The first kappa shape index (κ1) is 15.4. The lowest BCUT2D eigenvalue weighted by Gasteiger charge is -2.32. The van der Waals surface area contributed by atoms with E-state index in [1.165, 1.54) is 0 Å². The highest BCUT2D eigenvalue weighted by Gasteiger charge is 2.37. The van der Waals surface area contributed by atoms with E-state index in [4.69, 9.17) is 18.0 Å². The van der Waals surface area contributed by atoms with Crippen molar-refractivity contribution >= 4 is 23.1 Å². The van der Waals surface area contributed by atoms with E-state index >= 15 is 0 Å². The molecule has 2 N–H and O–H groups in total. The Hall–Kier alpha value is -0.680. The summed E-state index contributed by atoms with van der Waals surface area (Å²) in [7, 11) is 3.97. The minimum Gasteiger partial charge on any atom is -0.392 e. The number of likely N-dealkylation sites (tertiary alicyclic amines) is 1. The van der Waals surface area contributed by atoms with Crippen LogP contribution in [0.2, 0.25) is 0 Å². The third-order valence-electron chi connectivity index (χ3n) is 4.09. The molecule has 0 aromatic rings. The number of rotatable bonds is 5. The molecule has 0 bridgehead atoms. The number of carbonyl (C=O) groups excluding carboxylic acids is 1. The van der Waals surface area contributed by atoms with Crippen molar-refractivity contribution in [1.82, 2.24) is 9.80 Å². The number of nitrogens with two attached hydrogens (primary N) is 1. The zero-order chi connectivity index (χ0) is 13.9. The van der Waals surface area contributed by atoms with Crippen molar-refractivity contribution in [3.05, 3.63) is 0 Å². The Balaban J connectivity index is 2.63. The van der Waals surface area contributed by atoms with E-state index < -0.39 is 5.41 Å². The van der Waals surface area contributed by atoms with Crippen molar-refractivity contribution in [2.24, 2.45) is 17.1 Å². The molecule has 2 unspecified atom stereocenters. The molecule has 5 heteroatoms. The highest BCUT2D eigenvalue weighted by Crippen LogP contribution is 2.25. The van der Waals surface area contributed by atoms with E-state index in [9.17, 15) is 4.79 Å². The highest BCUT2D eigenvalue weighted by atomic mass is 32.1. The van der Waals surface area contributed by atoms with E-state index in [-0.39, 0.29) is 5.91 Å². The average Bonchev–Trinajstić information content (AvgIpc) is 2.72. The average molecular weight is 271 g/mol. The van der Waals surface area contributed by atoms with E-state index in [2.05, 4.69) is 11.9 Å². The number of thiocarbonyl (C=S) groups is 1. The number of hydrogen-bond donors (Lipinski definition) is 1.